The zero-order valence-electron chi connectivity index (χ0n) is 13.9. The Kier molecular flexibility index (Phi) is 4.04. The van der Waals surface area contributed by atoms with E-state index in [0.29, 0.717) is 11.4 Å². The van der Waals surface area contributed by atoms with Crippen LogP contribution in [0.15, 0.2) is 65.3 Å². The van der Waals surface area contributed by atoms with Crippen molar-refractivity contribution >= 4 is 23.4 Å². The fourth-order valence-electron chi connectivity index (χ4n) is 2.90. The van der Waals surface area contributed by atoms with Gasteiger partial charge in [0, 0.05) is 11.3 Å². The molecular formula is C20H13FN2O4. The molecule has 3 aromatic rings. The molecule has 0 radical (unpaired) electrons. The Morgan fingerprint density at radius 3 is 2.56 bits per heavy atom. The Morgan fingerprint density at radius 2 is 1.81 bits per heavy atom. The lowest BCUT2D eigenvalue weighted by Crippen LogP contribution is -2.28. The molecule has 3 amide bonds. The first-order valence-electron chi connectivity index (χ1n) is 8.12. The second kappa shape index (κ2) is 6.53. The molecule has 134 valence electrons. The van der Waals surface area contributed by atoms with E-state index in [9.17, 15) is 18.8 Å². The molecule has 0 aliphatic carbocycles. The number of carbonyl (C=O) groups is 3. The van der Waals surface area contributed by atoms with Crippen LogP contribution in [0.1, 0.15) is 36.8 Å². The average Bonchev–Trinajstić information content (AvgIpc) is 3.25. The van der Waals surface area contributed by atoms with E-state index in [1.165, 1.54) is 42.7 Å². The second-order valence-corrected chi connectivity index (χ2v) is 6.00. The van der Waals surface area contributed by atoms with Crippen molar-refractivity contribution in [3.05, 3.63) is 89.1 Å². The number of hydrogen-bond donors (Lipinski definition) is 1. The SMILES string of the molecule is O=C(Nc1cccc(F)c1)c1ccc2c(c1)C(=O)N(Cc1ccco1)C2=O. The van der Waals surface area contributed by atoms with E-state index in [1.54, 1.807) is 18.2 Å². The van der Waals surface area contributed by atoms with Gasteiger partial charge >= 0.3 is 0 Å². The van der Waals surface area contributed by atoms with Gasteiger partial charge in [0.1, 0.15) is 11.6 Å². The Bertz CT molecular complexity index is 1060. The standard InChI is InChI=1S/C20H13FN2O4/c21-13-3-1-4-14(10-13)22-18(24)12-6-7-16-17(9-12)20(26)23(19(16)25)11-15-5-2-8-27-15/h1-10H,11H2,(H,22,24). The predicted octanol–water partition coefficient (Wildman–Crippen LogP) is 3.47. The van der Waals surface area contributed by atoms with Gasteiger partial charge in [-0.1, -0.05) is 6.07 Å². The van der Waals surface area contributed by atoms with E-state index in [0.717, 1.165) is 4.90 Å². The second-order valence-electron chi connectivity index (χ2n) is 6.00. The molecule has 4 rings (SSSR count). The molecule has 0 spiro atoms. The van der Waals surface area contributed by atoms with Gasteiger partial charge in [-0.05, 0) is 48.5 Å². The molecule has 6 nitrogen and oxygen atoms in total. The maximum absolute atomic E-state index is 13.2. The lowest BCUT2D eigenvalue weighted by atomic mass is 10.1. The van der Waals surface area contributed by atoms with Crippen molar-refractivity contribution in [2.45, 2.75) is 6.54 Å². The van der Waals surface area contributed by atoms with Gasteiger partial charge in [-0.25, -0.2) is 4.39 Å². The van der Waals surface area contributed by atoms with Crippen molar-refractivity contribution in [2.24, 2.45) is 0 Å². The molecule has 1 N–H and O–H groups in total. The van der Waals surface area contributed by atoms with Crippen molar-refractivity contribution in [1.29, 1.82) is 0 Å². The highest BCUT2D eigenvalue weighted by atomic mass is 19.1. The Hall–Kier alpha value is -3.74. The summed E-state index contributed by atoms with van der Waals surface area (Å²) in [7, 11) is 0. The van der Waals surface area contributed by atoms with Crippen LogP contribution < -0.4 is 5.32 Å². The van der Waals surface area contributed by atoms with Crippen LogP contribution in [0, 0.1) is 5.82 Å². The number of benzene rings is 2. The van der Waals surface area contributed by atoms with Gasteiger partial charge in [-0.15, -0.1) is 0 Å². The van der Waals surface area contributed by atoms with Gasteiger partial charge < -0.3 is 9.73 Å². The topological polar surface area (TPSA) is 79.6 Å². The van der Waals surface area contributed by atoms with Crippen LogP contribution in [-0.4, -0.2) is 22.6 Å². The smallest absolute Gasteiger partial charge is 0.261 e. The van der Waals surface area contributed by atoms with Crippen LogP contribution in [0.25, 0.3) is 0 Å². The van der Waals surface area contributed by atoms with Crippen LogP contribution in [-0.2, 0) is 6.54 Å². The summed E-state index contributed by atoms with van der Waals surface area (Å²) in [4.78, 5) is 38.5. The third-order valence-electron chi connectivity index (χ3n) is 4.21. The minimum Gasteiger partial charge on any atom is -0.467 e. The molecule has 0 saturated carbocycles. The van der Waals surface area contributed by atoms with Gasteiger partial charge in [-0.2, -0.15) is 0 Å². The van der Waals surface area contributed by atoms with E-state index < -0.39 is 23.5 Å². The molecule has 2 heterocycles. The summed E-state index contributed by atoms with van der Waals surface area (Å²) in [5.41, 5.74) is 0.869. The number of anilines is 1. The first kappa shape index (κ1) is 16.7. The molecule has 7 heteroatoms. The quantitative estimate of drug-likeness (QED) is 0.719. The fraction of sp³-hybridized carbons (Fsp3) is 0.0500. The summed E-state index contributed by atoms with van der Waals surface area (Å²) in [5.74, 6) is -1.44. The molecule has 1 aliphatic heterocycles. The normalized spacial score (nSPS) is 13.0. The molecule has 27 heavy (non-hydrogen) atoms. The van der Waals surface area contributed by atoms with E-state index in [-0.39, 0.29) is 23.2 Å². The minimum atomic E-state index is -0.506. The molecule has 2 aromatic carbocycles. The Balaban J connectivity index is 1.58. The molecule has 0 atom stereocenters. The van der Waals surface area contributed by atoms with Crippen LogP contribution in [0.5, 0.6) is 0 Å². The van der Waals surface area contributed by atoms with Crippen LogP contribution in [0.2, 0.25) is 0 Å². The van der Waals surface area contributed by atoms with Crippen molar-refractivity contribution < 1.29 is 23.2 Å². The molecule has 0 unspecified atom stereocenters. The summed E-state index contributed by atoms with van der Waals surface area (Å²) in [6.45, 7) is 0.0180. The van der Waals surface area contributed by atoms with Gasteiger partial charge in [0.2, 0.25) is 0 Å². The highest BCUT2D eigenvalue weighted by Gasteiger charge is 2.36. The first-order valence-corrected chi connectivity index (χ1v) is 8.12. The predicted molar refractivity (Wildman–Crippen MR) is 93.7 cm³/mol. The maximum atomic E-state index is 13.2. The Morgan fingerprint density at radius 1 is 1.00 bits per heavy atom. The van der Waals surface area contributed by atoms with Crippen molar-refractivity contribution in [2.75, 3.05) is 5.32 Å². The summed E-state index contributed by atoms with van der Waals surface area (Å²) in [6.07, 6.45) is 1.46. The molecule has 1 aliphatic rings. The maximum Gasteiger partial charge on any atom is 0.261 e. The summed E-state index contributed by atoms with van der Waals surface area (Å²) in [5, 5.41) is 2.56. The number of imide groups is 1. The van der Waals surface area contributed by atoms with Gasteiger partial charge in [0.05, 0.1) is 23.9 Å². The van der Waals surface area contributed by atoms with E-state index in [4.69, 9.17) is 4.42 Å². The molecule has 1 aromatic heterocycles. The number of halogens is 1. The zero-order chi connectivity index (χ0) is 19.0. The van der Waals surface area contributed by atoms with Crippen LogP contribution in [0.3, 0.4) is 0 Å². The summed E-state index contributed by atoms with van der Waals surface area (Å²) in [6, 6.07) is 13.1. The van der Waals surface area contributed by atoms with Gasteiger partial charge in [-0.3, -0.25) is 19.3 Å². The van der Waals surface area contributed by atoms with Gasteiger partial charge in [0.25, 0.3) is 17.7 Å². The van der Waals surface area contributed by atoms with E-state index >= 15 is 0 Å². The third-order valence-corrected chi connectivity index (χ3v) is 4.21. The number of nitrogens with one attached hydrogen (secondary N) is 1. The number of furan rings is 1. The lowest BCUT2D eigenvalue weighted by Gasteiger charge is -2.11. The summed E-state index contributed by atoms with van der Waals surface area (Å²) < 4.78 is 18.4. The van der Waals surface area contributed by atoms with E-state index in [2.05, 4.69) is 5.32 Å². The first-order chi connectivity index (χ1) is 13.0. The molecule has 0 bridgehead atoms. The van der Waals surface area contributed by atoms with Crippen LogP contribution >= 0.6 is 0 Å². The molecular weight excluding hydrogens is 351 g/mol. The highest BCUT2D eigenvalue weighted by molar-refractivity contribution is 6.22. The lowest BCUT2D eigenvalue weighted by molar-refractivity contribution is 0.0631. The van der Waals surface area contributed by atoms with Crippen molar-refractivity contribution in [3.63, 3.8) is 0 Å². The molecule has 0 saturated heterocycles. The van der Waals surface area contributed by atoms with Crippen LogP contribution in [0.4, 0.5) is 10.1 Å². The monoisotopic (exact) mass is 364 g/mol. The number of rotatable bonds is 4. The third kappa shape index (κ3) is 3.10. The number of hydrogen-bond acceptors (Lipinski definition) is 4. The number of carbonyl (C=O) groups excluding carboxylic acids is 3. The minimum absolute atomic E-state index is 0.0180. The molecule has 0 fully saturated rings. The number of amides is 3. The number of nitrogens with zero attached hydrogens (tertiary/aromatic N) is 1. The van der Waals surface area contributed by atoms with Crippen molar-refractivity contribution in [3.8, 4) is 0 Å². The average molecular weight is 364 g/mol. The number of fused-ring (bicyclic) bond motifs is 1. The fourth-order valence-corrected chi connectivity index (χ4v) is 2.90. The van der Waals surface area contributed by atoms with Crippen molar-refractivity contribution in [1.82, 2.24) is 4.90 Å². The largest absolute Gasteiger partial charge is 0.467 e. The Labute approximate surface area is 153 Å². The highest BCUT2D eigenvalue weighted by Crippen LogP contribution is 2.26. The van der Waals surface area contributed by atoms with Gasteiger partial charge in [0.15, 0.2) is 0 Å². The summed E-state index contributed by atoms with van der Waals surface area (Å²) >= 11 is 0. The van der Waals surface area contributed by atoms with E-state index in [1.807, 2.05) is 0 Å². The zero-order valence-corrected chi connectivity index (χ0v) is 13.9.